The maximum Gasteiger partial charge on any atom is 0.0331 e. The van der Waals surface area contributed by atoms with Crippen LogP contribution in [0.15, 0.2) is 0 Å². The van der Waals surface area contributed by atoms with Crippen LogP contribution in [-0.2, 0) is 0 Å². The predicted molar refractivity (Wildman–Crippen MR) is 69.5 cm³/mol. The summed E-state index contributed by atoms with van der Waals surface area (Å²) in [4.78, 5) is 2.73. The smallest absolute Gasteiger partial charge is 0.0331 e. The van der Waals surface area contributed by atoms with Crippen molar-refractivity contribution in [1.29, 1.82) is 0 Å². The van der Waals surface area contributed by atoms with E-state index in [1.807, 2.05) is 0 Å². The fourth-order valence-electron chi connectivity index (χ4n) is 3.58. The van der Waals surface area contributed by atoms with Gasteiger partial charge in [-0.05, 0) is 31.7 Å². The maximum atomic E-state index is 6.14. The molecule has 16 heavy (non-hydrogen) atoms. The summed E-state index contributed by atoms with van der Waals surface area (Å²) in [5.41, 5.74) is 6.51. The Kier molecular flexibility index (Phi) is 4.26. The van der Waals surface area contributed by atoms with Gasteiger partial charge in [-0.25, -0.2) is 0 Å². The quantitative estimate of drug-likeness (QED) is 0.781. The molecule has 94 valence electrons. The molecule has 0 radical (unpaired) electrons. The van der Waals surface area contributed by atoms with Crippen LogP contribution in [0.4, 0.5) is 0 Å². The summed E-state index contributed by atoms with van der Waals surface area (Å²) in [5.74, 6) is 0.883. The summed E-state index contributed by atoms with van der Waals surface area (Å²) >= 11 is 0. The molecule has 0 bridgehead atoms. The normalized spacial score (nSPS) is 32.2. The van der Waals surface area contributed by atoms with E-state index < -0.39 is 0 Å². The zero-order valence-corrected chi connectivity index (χ0v) is 10.9. The first-order valence-corrected chi connectivity index (χ1v) is 7.22. The Morgan fingerprint density at radius 2 is 1.75 bits per heavy atom. The first kappa shape index (κ1) is 12.4. The molecule has 1 unspecified atom stereocenters. The number of nitrogens with zero attached hydrogens (tertiary/aromatic N) is 1. The Morgan fingerprint density at radius 1 is 1.12 bits per heavy atom. The van der Waals surface area contributed by atoms with Crippen LogP contribution < -0.4 is 5.73 Å². The third-order valence-corrected chi connectivity index (χ3v) is 4.76. The van der Waals surface area contributed by atoms with Crippen molar-refractivity contribution in [1.82, 2.24) is 4.90 Å². The Balaban J connectivity index is 2.03. The van der Waals surface area contributed by atoms with E-state index in [1.54, 1.807) is 0 Å². The number of rotatable bonds is 2. The van der Waals surface area contributed by atoms with Gasteiger partial charge < -0.3 is 5.73 Å². The molecule has 0 spiro atoms. The summed E-state index contributed by atoms with van der Waals surface area (Å²) in [6.07, 6.45) is 11.1. The van der Waals surface area contributed by atoms with Gasteiger partial charge in [0.1, 0.15) is 0 Å². The van der Waals surface area contributed by atoms with Gasteiger partial charge in [0.25, 0.3) is 0 Å². The second kappa shape index (κ2) is 5.50. The Bertz CT molecular complexity index is 207. The van der Waals surface area contributed by atoms with Crippen molar-refractivity contribution in [2.75, 3.05) is 19.6 Å². The highest BCUT2D eigenvalue weighted by atomic mass is 15.2. The molecule has 1 aliphatic heterocycles. The topological polar surface area (TPSA) is 29.3 Å². The van der Waals surface area contributed by atoms with Crippen molar-refractivity contribution in [3.63, 3.8) is 0 Å². The van der Waals surface area contributed by atoms with Crippen molar-refractivity contribution in [3.8, 4) is 0 Å². The largest absolute Gasteiger partial charge is 0.329 e. The standard InChI is InChI=1S/C14H28N2/c1-13-7-10-16(11-13)14(12-15)8-5-3-2-4-6-9-14/h13H,2-12,15H2,1H3. The van der Waals surface area contributed by atoms with Crippen LogP contribution in [-0.4, -0.2) is 30.1 Å². The van der Waals surface area contributed by atoms with Crippen LogP contribution in [0.3, 0.4) is 0 Å². The number of likely N-dealkylation sites (tertiary alicyclic amines) is 1. The van der Waals surface area contributed by atoms with E-state index in [9.17, 15) is 0 Å². The molecule has 0 aromatic carbocycles. The summed E-state index contributed by atoms with van der Waals surface area (Å²) in [7, 11) is 0. The molecule has 0 aromatic heterocycles. The molecule has 1 aliphatic carbocycles. The van der Waals surface area contributed by atoms with E-state index >= 15 is 0 Å². The minimum atomic E-state index is 0.366. The molecular formula is C14H28N2. The van der Waals surface area contributed by atoms with Gasteiger partial charge in [0, 0.05) is 18.6 Å². The van der Waals surface area contributed by atoms with E-state index in [0.29, 0.717) is 5.54 Å². The summed E-state index contributed by atoms with van der Waals surface area (Å²) in [6, 6.07) is 0. The fourth-order valence-corrected chi connectivity index (χ4v) is 3.58. The van der Waals surface area contributed by atoms with Gasteiger partial charge in [0.05, 0.1) is 0 Å². The van der Waals surface area contributed by atoms with Gasteiger partial charge in [0.15, 0.2) is 0 Å². The molecule has 1 saturated heterocycles. The molecule has 2 heteroatoms. The molecule has 2 N–H and O–H groups in total. The number of hydrogen-bond acceptors (Lipinski definition) is 2. The summed E-state index contributed by atoms with van der Waals surface area (Å²) < 4.78 is 0. The van der Waals surface area contributed by atoms with Crippen molar-refractivity contribution < 1.29 is 0 Å². The summed E-state index contributed by atoms with van der Waals surface area (Å²) in [6.45, 7) is 5.84. The average Bonchev–Trinajstić information content (AvgIpc) is 2.66. The molecule has 2 fully saturated rings. The van der Waals surface area contributed by atoms with Crippen molar-refractivity contribution in [3.05, 3.63) is 0 Å². The third kappa shape index (κ3) is 2.60. The minimum Gasteiger partial charge on any atom is -0.329 e. The predicted octanol–water partition coefficient (Wildman–Crippen LogP) is 2.77. The first-order chi connectivity index (χ1) is 7.77. The van der Waals surface area contributed by atoms with Crippen molar-refractivity contribution >= 4 is 0 Å². The Labute approximate surface area is 101 Å². The van der Waals surface area contributed by atoms with Crippen LogP contribution in [0.2, 0.25) is 0 Å². The Hall–Kier alpha value is -0.0800. The monoisotopic (exact) mass is 224 g/mol. The Morgan fingerprint density at radius 3 is 2.25 bits per heavy atom. The molecule has 0 amide bonds. The maximum absolute atomic E-state index is 6.14. The molecule has 1 heterocycles. The molecule has 1 atom stereocenters. The summed E-state index contributed by atoms with van der Waals surface area (Å²) in [5, 5.41) is 0. The van der Waals surface area contributed by atoms with E-state index in [2.05, 4.69) is 11.8 Å². The van der Waals surface area contributed by atoms with Crippen LogP contribution >= 0.6 is 0 Å². The highest BCUT2D eigenvalue weighted by Gasteiger charge is 2.38. The molecule has 2 rings (SSSR count). The van der Waals surface area contributed by atoms with Crippen molar-refractivity contribution in [2.24, 2.45) is 11.7 Å². The first-order valence-electron chi connectivity index (χ1n) is 7.22. The van der Waals surface area contributed by atoms with Crippen molar-refractivity contribution in [2.45, 2.75) is 63.8 Å². The molecular weight excluding hydrogens is 196 g/mol. The highest BCUT2D eigenvalue weighted by molar-refractivity contribution is 4.95. The van der Waals surface area contributed by atoms with Crippen LogP contribution in [0.25, 0.3) is 0 Å². The number of nitrogens with two attached hydrogens (primary N) is 1. The van der Waals surface area contributed by atoms with Gasteiger partial charge in [-0.1, -0.05) is 39.0 Å². The molecule has 0 aromatic rings. The van der Waals surface area contributed by atoms with Gasteiger partial charge >= 0.3 is 0 Å². The van der Waals surface area contributed by atoms with E-state index in [1.165, 1.54) is 64.5 Å². The van der Waals surface area contributed by atoms with Gasteiger partial charge in [0.2, 0.25) is 0 Å². The lowest BCUT2D eigenvalue weighted by Gasteiger charge is -2.43. The van der Waals surface area contributed by atoms with Gasteiger partial charge in [-0.3, -0.25) is 4.90 Å². The molecule has 2 nitrogen and oxygen atoms in total. The zero-order valence-electron chi connectivity index (χ0n) is 10.9. The van der Waals surface area contributed by atoms with E-state index in [-0.39, 0.29) is 0 Å². The lowest BCUT2D eigenvalue weighted by atomic mass is 9.82. The second-order valence-electron chi connectivity index (χ2n) is 6.04. The van der Waals surface area contributed by atoms with Gasteiger partial charge in [-0.2, -0.15) is 0 Å². The van der Waals surface area contributed by atoms with E-state index in [0.717, 1.165) is 12.5 Å². The number of hydrogen-bond donors (Lipinski definition) is 1. The fraction of sp³-hybridized carbons (Fsp3) is 1.00. The zero-order chi connectivity index (χ0) is 11.4. The minimum absolute atomic E-state index is 0.366. The highest BCUT2D eigenvalue weighted by Crippen LogP contribution is 2.34. The average molecular weight is 224 g/mol. The third-order valence-electron chi connectivity index (χ3n) is 4.76. The molecule has 1 saturated carbocycles. The molecule has 2 aliphatic rings. The lowest BCUT2D eigenvalue weighted by Crippen LogP contribution is -2.53. The van der Waals surface area contributed by atoms with Gasteiger partial charge in [-0.15, -0.1) is 0 Å². The SMILES string of the molecule is CC1CCN(C2(CN)CCCCCCC2)C1. The van der Waals surface area contributed by atoms with E-state index in [4.69, 9.17) is 5.73 Å². The lowest BCUT2D eigenvalue weighted by molar-refractivity contribution is 0.0884. The second-order valence-corrected chi connectivity index (χ2v) is 6.04. The van der Waals surface area contributed by atoms with Crippen LogP contribution in [0.1, 0.15) is 58.3 Å². The van der Waals surface area contributed by atoms with Crippen LogP contribution in [0.5, 0.6) is 0 Å². The van der Waals surface area contributed by atoms with Crippen LogP contribution in [0, 0.1) is 5.92 Å².